The van der Waals surface area contributed by atoms with Crippen LogP contribution in [0.15, 0.2) is 17.0 Å². The number of carbonyl (C=O) groups is 2. The number of benzene rings is 1. The largest absolute Gasteiger partial charge is 0.324 e. The number of hydrogen-bond acceptors (Lipinski definition) is 6. The third kappa shape index (κ3) is 5.37. The van der Waals surface area contributed by atoms with Gasteiger partial charge in [0.05, 0.1) is 10.3 Å². The molecule has 2 heterocycles. The second kappa shape index (κ2) is 10.2. The standard InChI is InChI=1S/C20H29Cl2N5O4S/c1-13-5-6-16(24-17(28)12-27-20(29)18(22)15(21)11-23-27)14(2)19(13)32(30,31)26-8-4-7-25(3)9-10-26/h5-6,15,18,23H,4,7-12H2,1-3H3,(H,24,28). The van der Waals surface area contributed by atoms with E-state index in [9.17, 15) is 18.0 Å². The van der Waals surface area contributed by atoms with Gasteiger partial charge >= 0.3 is 0 Å². The number of carbonyl (C=O) groups excluding carboxylic acids is 2. The number of rotatable bonds is 5. The molecule has 0 aliphatic carbocycles. The summed E-state index contributed by atoms with van der Waals surface area (Å²) < 4.78 is 28.4. The van der Waals surface area contributed by atoms with Crippen LogP contribution in [-0.4, -0.2) is 91.5 Å². The van der Waals surface area contributed by atoms with E-state index in [1.54, 1.807) is 26.0 Å². The van der Waals surface area contributed by atoms with E-state index < -0.39 is 32.6 Å². The molecule has 2 atom stereocenters. The second-order valence-corrected chi connectivity index (χ2v) is 11.1. The highest BCUT2D eigenvalue weighted by Gasteiger charge is 2.35. The van der Waals surface area contributed by atoms with Crippen LogP contribution in [0.2, 0.25) is 0 Å². The van der Waals surface area contributed by atoms with Crippen molar-refractivity contribution in [3.63, 3.8) is 0 Å². The molecule has 2 aliphatic rings. The van der Waals surface area contributed by atoms with E-state index in [0.717, 1.165) is 18.0 Å². The van der Waals surface area contributed by atoms with Crippen molar-refractivity contribution >= 4 is 50.7 Å². The first-order chi connectivity index (χ1) is 15.0. The Hall–Kier alpha value is -1.43. The van der Waals surface area contributed by atoms with Gasteiger partial charge in [0.15, 0.2) is 0 Å². The molecular weight excluding hydrogens is 477 g/mol. The van der Waals surface area contributed by atoms with E-state index in [2.05, 4.69) is 15.6 Å². The van der Waals surface area contributed by atoms with Gasteiger partial charge in [-0.2, -0.15) is 4.31 Å². The molecule has 0 aromatic heterocycles. The molecular formula is C20H29Cl2N5O4S. The van der Waals surface area contributed by atoms with E-state index >= 15 is 0 Å². The van der Waals surface area contributed by atoms with Crippen molar-refractivity contribution in [1.82, 2.24) is 19.6 Å². The molecule has 1 aromatic carbocycles. The number of alkyl halides is 2. The van der Waals surface area contributed by atoms with Gasteiger partial charge in [0, 0.05) is 31.9 Å². The minimum absolute atomic E-state index is 0.206. The van der Waals surface area contributed by atoms with Crippen molar-refractivity contribution in [2.24, 2.45) is 0 Å². The summed E-state index contributed by atoms with van der Waals surface area (Å²) in [6, 6.07) is 3.35. The Morgan fingerprint density at radius 2 is 1.91 bits per heavy atom. The summed E-state index contributed by atoms with van der Waals surface area (Å²) >= 11 is 12.0. The summed E-state index contributed by atoms with van der Waals surface area (Å²) in [5, 5.41) is 2.37. The summed E-state index contributed by atoms with van der Waals surface area (Å²) in [6.45, 7) is 5.77. The van der Waals surface area contributed by atoms with Gasteiger partial charge in [-0.05, 0) is 51.1 Å². The van der Waals surface area contributed by atoms with Crippen molar-refractivity contribution in [2.45, 2.75) is 35.9 Å². The number of anilines is 1. The number of halogens is 2. The molecule has 3 rings (SSSR count). The lowest BCUT2D eigenvalue weighted by molar-refractivity contribution is -0.139. The SMILES string of the molecule is Cc1ccc(NC(=O)CN2NCC(Cl)C(Cl)C2=O)c(C)c1S(=O)(=O)N1CCCN(C)CC1. The maximum atomic E-state index is 13.5. The Labute approximate surface area is 199 Å². The van der Waals surface area contributed by atoms with Crippen LogP contribution < -0.4 is 10.7 Å². The molecule has 32 heavy (non-hydrogen) atoms. The van der Waals surface area contributed by atoms with Crippen LogP contribution in [0.1, 0.15) is 17.5 Å². The van der Waals surface area contributed by atoms with E-state index in [1.807, 2.05) is 7.05 Å². The van der Waals surface area contributed by atoms with Crippen LogP contribution in [0, 0.1) is 13.8 Å². The molecule has 0 saturated carbocycles. The number of hydrazine groups is 1. The monoisotopic (exact) mass is 505 g/mol. The average molecular weight is 506 g/mol. The first kappa shape index (κ1) is 25.2. The fourth-order valence-corrected chi connectivity index (χ4v) is 6.21. The lowest BCUT2D eigenvalue weighted by Crippen LogP contribution is -2.58. The van der Waals surface area contributed by atoms with E-state index in [0.29, 0.717) is 36.4 Å². The molecule has 9 nitrogen and oxygen atoms in total. The van der Waals surface area contributed by atoms with Crippen LogP contribution in [-0.2, 0) is 19.6 Å². The molecule has 2 saturated heterocycles. The molecule has 2 aliphatic heterocycles. The second-order valence-electron chi connectivity index (χ2n) is 8.20. The smallest absolute Gasteiger partial charge is 0.256 e. The third-order valence-electron chi connectivity index (χ3n) is 5.75. The van der Waals surface area contributed by atoms with Crippen LogP contribution in [0.4, 0.5) is 5.69 Å². The lowest BCUT2D eigenvalue weighted by atomic mass is 10.1. The molecule has 2 amide bonds. The molecule has 2 fully saturated rings. The Morgan fingerprint density at radius 1 is 1.19 bits per heavy atom. The quantitative estimate of drug-likeness (QED) is 0.581. The van der Waals surface area contributed by atoms with Crippen molar-refractivity contribution in [1.29, 1.82) is 0 Å². The minimum Gasteiger partial charge on any atom is -0.324 e. The first-order valence-corrected chi connectivity index (χ1v) is 12.8. The van der Waals surface area contributed by atoms with Gasteiger partial charge in [-0.1, -0.05) is 6.07 Å². The summed E-state index contributed by atoms with van der Waals surface area (Å²) in [5.41, 5.74) is 4.24. The summed E-state index contributed by atoms with van der Waals surface area (Å²) in [7, 11) is -1.75. The number of sulfonamides is 1. The number of nitrogens with one attached hydrogen (secondary N) is 2. The summed E-state index contributed by atoms with van der Waals surface area (Å²) in [5.74, 6) is -0.961. The van der Waals surface area contributed by atoms with E-state index in [1.165, 1.54) is 4.31 Å². The normalized spacial score (nSPS) is 23.8. The predicted molar refractivity (Wildman–Crippen MR) is 124 cm³/mol. The van der Waals surface area contributed by atoms with E-state index in [4.69, 9.17) is 23.2 Å². The van der Waals surface area contributed by atoms with Crippen molar-refractivity contribution < 1.29 is 18.0 Å². The molecule has 2 unspecified atom stereocenters. The topological polar surface area (TPSA) is 102 Å². The van der Waals surface area contributed by atoms with Gasteiger partial charge in [0.25, 0.3) is 5.91 Å². The van der Waals surface area contributed by atoms with Gasteiger partial charge in [-0.25, -0.2) is 13.8 Å². The van der Waals surface area contributed by atoms with Crippen LogP contribution >= 0.6 is 23.2 Å². The molecule has 12 heteroatoms. The first-order valence-electron chi connectivity index (χ1n) is 10.4. The number of aryl methyl sites for hydroxylation is 1. The lowest BCUT2D eigenvalue weighted by Gasteiger charge is -2.32. The van der Waals surface area contributed by atoms with Gasteiger partial charge in [0.1, 0.15) is 11.9 Å². The highest BCUT2D eigenvalue weighted by atomic mass is 35.5. The van der Waals surface area contributed by atoms with Crippen LogP contribution in [0.25, 0.3) is 0 Å². The fourth-order valence-electron chi connectivity index (χ4n) is 3.90. The highest BCUT2D eigenvalue weighted by molar-refractivity contribution is 7.89. The van der Waals surface area contributed by atoms with E-state index in [-0.39, 0.29) is 18.0 Å². The Balaban J connectivity index is 1.79. The zero-order chi connectivity index (χ0) is 23.6. The number of hydrogen-bond donors (Lipinski definition) is 2. The Kier molecular flexibility index (Phi) is 8.06. The maximum Gasteiger partial charge on any atom is 0.256 e. The fraction of sp³-hybridized carbons (Fsp3) is 0.600. The minimum atomic E-state index is -3.73. The van der Waals surface area contributed by atoms with Crippen molar-refractivity contribution in [2.75, 3.05) is 51.6 Å². The molecule has 0 radical (unpaired) electrons. The van der Waals surface area contributed by atoms with Crippen LogP contribution in [0.5, 0.6) is 0 Å². The number of likely N-dealkylation sites (N-methyl/N-ethyl adjacent to an activating group) is 1. The van der Waals surface area contributed by atoms with Crippen molar-refractivity contribution in [3.8, 4) is 0 Å². The van der Waals surface area contributed by atoms with Gasteiger partial charge in [0.2, 0.25) is 15.9 Å². The van der Waals surface area contributed by atoms with Gasteiger partial charge in [-0.3, -0.25) is 14.6 Å². The average Bonchev–Trinajstić information content (AvgIpc) is 2.95. The summed E-state index contributed by atoms with van der Waals surface area (Å²) in [6.07, 6.45) is 0.756. The molecule has 1 aromatic rings. The molecule has 178 valence electrons. The number of amides is 2. The number of nitrogens with zero attached hydrogens (tertiary/aromatic N) is 3. The highest BCUT2D eigenvalue weighted by Crippen LogP contribution is 2.30. The van der Waals surface area contributed by atoms with Gasteiger partial charge < -0.3 is 10.2 Å². The Bertz CT molecular complexity index is 990. The Morgan fingerprint density at radius 3 is 2.62 bits per heavy atom. The zero-order valence-electron chi connectivity index (χ0n) is 18.4. The zero-order valence-corrected chi connectivity index (χ0v) is 20.7. The summed E-state index contributed by atoms with van der Waals surface area (Å²) in [4.78, 5) is 27.2. The maximum absolute atomic E-state index is 13.5. The van der Waals surface area contributed by atoms with Gasteiger partial charge in [-0.15, -0.1) is 23.2 Å². The van der Waals surface area contributed by atoms with Crippen molar-refractivity contribution in [3.05, 3.63) is 23.3 Å². The molecule has 2 N–H and O–H groups in total. The van der Waals surface area contributed by atoms with Crippen LogP contribution in [0.3, 0.4) is 0 Å². The molecule has 0 bridgehead atoms. The predicted octanol–water partition coefficient (Wildman–Crippen LogP) is 1.13. The third-order valence-corrected chi connectivity index (χ3v) is 8.97. The molecule has 0 spiro atoms.